The number of aliphatic hydroxyl groups is 1. The van der Waals surface area contributed by atoms with E-state index < -0.39 is 0 Å². The van der Waals surface area contributed by atoms with Gasteiger partial charge in [-0.05, 0) is 74.0 Å². The van der Waals surface area contributed by atoms with Crippen molar-refractivity contribution in [3.8, 4) is 0 Å². The fourth-order valence-corrected chi connectivity index (χ4v) is 7.28. The van der Waals surface area contributed by atoms with Crippen molar-refractivity contribution in [3.05, 3.63) is 35.6 Å². The Morgan fingerprint density at radius 2 is 1.52 bits per heavy atom. The van der Waals surface area contributed by atoms with Crippen LogP contribution in [0.4, 0.5) is 4.39 Å². The number of carbonyl (C=O) groups excluding carboxylic acids is 1. The van der Waals surface area contributed by atoms with E-state index in [0.29, 0.717) is 19.6 Å². The first-order valence-corrected chi connectivity index (χ1v) is 12.1. The van der Waals surface area contributed by atoms with Crippen molar-refractivity contribution in [1.29, 1.82) is 0 Å². The van der Waals surface area contributed by atoms with E-state index >= 15 is 0 Å². The van der Waals surface area contributed by atoms with Crippen LogP contribution in [-0.4, -0.2) is 77.1 Å². The van der Waals surface area contributed by atoms with Crippen LogP contribution in [0, 0.1) is 23.6 Å². The highest BCUT2D eigenvalue weighted by atomic mass is 19.1. The molecule has 1 amide bonds. The number of aliphatic hydroxyl groups excluding tert-OH is 1. The van der Waals surface area contributed by atoms with Gasteiger partial charge < -0.3 is 10.0 Å². The van der Waals surface area contributed by atoms with Gasteiger partial charge >= 0.3 is 0 Å². The molecule has 4 saturated carbocycles. The summed E-state index contributed by atoms with van der Waals surface area (Å²) in [6.07, 6.45) is 7.50. The van der Waals surface area contributed by atoms with Crippen LogP contribution in [-0.2, 0) is 11.3 Å². The van der Waals surface area contributed by atoms with E-state index in [2.05, 4.69) is 14.7 Å². The Kier molecular flexibility index (Phi) is 6.06. The van der Waals surface area contributed by atoms with Crippen LogP contribution in [0.5, 0.6) is 0 Å². The number of carbonyl (C=O) groups is 1. The molecule has 5 fully saturated rings. The molecule has 0 aromatic heterocycles. The molecule has 6 heteroatoms. The molecule has 1 aromatic carbocycles. The zero-order valence-electron chi connectivity index (χ0n) is 18.5. The molecule has 6 rings (SSSR count). The van der Waals surface area contributed by atoms with Gasteiger partial charge in [0.05, 0.1) is 13.2 Å². The van der Waals surface area contributed by atoms with Gasteiger partial charge in [0.15, 0.2) is 0 Å². The fourth-order valence-electron chi connectivity index (χ4n) is 7.28. The molecule has 0 atom stereocenters. The van der Waals surface area contributed by atoms with Gasteiger partial charge in [0.2, 0.25) is 5.91 Å². The summed E-state index contributed by atoms with van der Waals surface area (Å²) in [6, 6.07) is 6.70. The molecular formula is C25H36FN3O2. The molecule has 1 aliphatic heterocycles. The average Bonchev–Trinajstić information content (AvgIpc) is 2.74. The Morgan fingerprint density at radius 1 is 0.968 bits per heavy atom. The SMILES string of the molecule is O=C(CN1CCN(CCO)CC1)N(Cc1ccc(F)cc1)C12CC3CC(CC(C3)C1)C2. The Labute approximate surface area is 185 Å². The highest BCUT2D eigenvalue weighted by Gasteiger charge is 2.54. The molecule has 1 heterocycles. The number of halogens is 1. The largest absolute Gasteiger partial charge is 0.395 e. The van der Waals surface area contributed by atoms with E-state index in [9.17, 15) is 14.3 Å². The van der Waals surface area contributed by atoms with Crippen molar-refractivity contribution in [2.24, 2.45) is 17.8 Å². The zero-order valence-corrected chi connectivity index (χ0v) is 18.5. The summed E-state index contributed by atoms with van der Waals surface area (Å²) in [7, 11) is 0. The van der Waals surface area contributed by atoms with Crippen LogP contribution in [0.3, 0.4) is 0 Å². The lowest BCUT2D eigenvalue weighted by atomic mass is 9.52. The number of rotatable bonds is 7. The molecule has 0 spiro atoms. The maximum Gasteiger partial charge on any atom is 0.237 e. The highest BCUT2D eigenvalue weighted by Crippen LogP contribution is 2.58. The Hall–Kier alpha value is -1.50. The Balaban J connectivity index is 1.33. The summed E-state index contributed by atoms with van der Waals surface area (Å²) in [5, 5.41) is 9.17. The lowest BCUT2D eigenvalue weighted by molar-refractivity contribution is -0.154. The van der Waals surface area contributed by atoms with Crippen molar-refractivity contribution < 1.29 is 14.3 Å². The van der Waals surface area contributed by atoms with Crippen LogP contribution < -0.4 is 0 Å². The molecule has 5 aliphatic rings. The van der Waals surface area contributed by atoms with Gasteiger partial charge in [0.1, 0.15) is 5.82 Å². The quantitative estimate of drug-likeness (QED) is 0.724. The van der Waals surface area contributed by atoms with Crippen molar-refractivity contribution in [1.82, 2.24) is 14.7 Å². The van der Waals surface area contributed by atoms with Gasteiger partial charge in [-0.2, -0.15) is 0 Å². The molecule has 0 unspecified atom stereocenters. The van der Waals surface area contributed by atoms with Crippen molar-refractivity contribution in [3.63, 3.8) is 0 Å². The Bertz CT molecular complexity index is 740. The third kappa shape index (κ3) is 4.53. The van der Waals surface area contributed by atoms with Gasteiger partial charge in [0.25, 0.3) is 0 Å². The molecule has 1 saturated heterocycles. The summed E-state index contributed by atoms with van der Waals surface area (Å²) in [4.78, 5) is 20.5. The number of hydrogen-bond acceptors (Lipinski definition) is 4. The third-order valence-electron chi connectivity index (χ3n) is 8.37. The van der Waals surface area contributed by atoms with E-state index in [-0.39, 0.29) is 23.9 Å². The average molecular weight is 430 g/mol. The number of amides is 1. The number of nitrogens with zero attached hydrogens (tertiary/aromatic N) is 3. The van der Waals surface area contributed by atoms with E-state index in [4.69, 9.17) is 0 Å². The van der Waals surface area contributed by atoms with Gasteiger partial charge in [-0.3, -0.25) is 14.6 Å². The second kappa shape index (κ2) is 8.80. The van der Waals surface area contributed by atoms with E-state index in [1.807, 2.05) is 12.1 Å². The predicted molar refractivity (Wildman–Crippen MR) is 118 cm³/mol. The first-order valence-electron chi connectivity index (χ1n) is 12.1. The van der Waals surface area contributed by atoms with Crippen LogP contribution >= 0.6 is 0 Å². The molecule has 4 aliphatic carbocycles. The maximum atomic E-state index is 13.8. The van der Waals surface area contributed by atoms with Crippen molar-refractivity contribution in [2.45, 2.75) is 50.6 Å². The normalized spacial score (nSPS) is 33.0. The maximum absolute atomic E-state index is 13.8. The van der Waals surface area contributed by atoms with E-state index in [1.165, 1.54) is 31.4 Å². The molecule has 31 heavy (non-hydrogen) atoms. The van der Waals surface area contributed by atoms with Crippen molar-refractivity contribution in [2.75, 3.05) is 45.9 Å². The molecule has 170 valence electrons. The standard InChI is InChI=1S/C25H36FN3O2/c26-23-3-1-19(2-4-23)17-29(24(31)18-28-7-5-27(6-8-28)9-10-30)25-14-20-11-21(15-25)13-22(12-20)16-25/h1-4,20-22,30H,5-18H2. The summed E-state index contributed by atoms with van der Waals surface area (Å²) < 4.78 is 13.5. The zero-order chi connectivity index (χ0) is 21.4. The summed E-state index contributed by atoms with van der Waals surface area (Å²) in [5.74, 6) is 2.34. The number of β-amino-alcohol motifs (C(OH)–C–C–N with tert-alkyl or cyclic N) is 1. The Morgan fingerprint density at radius 3 is 2.06 bits per heavy atom. The molecule has 5 nitrogen and oxygen atoms in total. The number of benzene rings is 1. The predicted octanol–water partition coefficient (Wildman–Crippen LogP) is 2.73. The topological polar surface area (TPSA) is 47.0 Å². The lowest BCUT2D eigenvalue weighted by Gasteiger charge is -2.60. The second-order valence-electron chi connectivity index (χ2n) is 10.6. The smallest absolute Gasteiger partial charge is 0.237 e. The van der Waals surface area contributed by atoms with Gasteiger partial charge in [-0.25, -0.2) is 4.39 Å². The van der Waals surface area contributed by atoms with Crippen molar-refractivity contribution >= 4 is 5.91 Å². The first kappa shape index (κ1) is 21.4. The number of hydrogen-bond donors (Lipinski definition) is 1. The van der Waals surface area contributed by atoms with Crippen LogP contribution in [0.1, 0.15) is 44.1 Å². The molecule has 1 N–H and O–H groups in total. The van der Waals surface area contributed by atoms with Gasteiger partial charge in [-0.1, -0.05) is 12.1 Å². The fraction of sp³-hybridized carbons (Fsp3) is 0.720. The van der Waals surface area contributed by atoms with Crippen LogP contribution in [0.2, 0.25) is 0 Å². The third-order valence-corrected chi connectivity index (χ3v) is 8.37. The molecular weight excluding hydrogens is 393 g/mol. The van der Waals surface area contributed by atoms with Gasteiger partial charge in [0, 0.05) is 44.8 Å². The molecule has 0 radical (unpaired) electrons. The minimum atomic E-state index is -0.225. The monoisotopic (exact) mass is 429 g/mol. The number of piperazine rings is 1. The molecule has 4 bridgehead atoms. The van der Waals surface area contributed by atoms with E-state index in [1.54, 1.807) is 0 Å². The lowest BCUT2D eigenvalue weighted by Crippen LogP contribution is -2.62. The minimum absolute atomic E-state index is 0.00106. The second-order valence-corrected chi connectivity index (χ2v) is 10.6. The minimum Gasteiger partial charge on any atom is -0.395 e. The van der Waals surface area contributed by atoms with Crippen LogP contribution in [0.25, 0.3) is 0 Å². The summed E-state index contributed by atoms with van der Waals surface area (Å²) in [6.45, 7) is 5.52. The van der Waals surface area contributed by atoms with Gasteiger partial charge in [-0.15, -0.1) is 0 Å². The van der Waals surface area contributed by atoms with E-state index in [0.717, 1.165) is 68.8 Å². The summed E-state index contributed by atoms with van der Waals surface area (Å²) >= 11 is 0. The first-order chi connectivity index (χ1) is 15.0. The van der Waals surface area contributed by atoms with Crippen LogP contribution in [0.15, 0.2) is 24.3 Å². The molecule has 1 aromatic rings. The highest BCUT2D eigenvalue weighted by molar-refractivity contribution is 5.79. The summed E-state index contributed by atoms with van der Waals surface area (Å²) in [5.41, 5.74) is 1.03.